The smallest absolute Gasteiger partial charge is 0.123 e. The molecule has 0 aromatic heterocycles. The van der Waals surface area contributed by atoms with Crippen LogP contribution in [-0.2, 0) is 0 Å². The van der Waals surface area contributed by atoms with Crippen LogP contribution in [0.4, 0.5) is 4.39 Å². The Kier molecular flexibility index (Phi) is 4.72. The predicted molar refractivity (Wildman–Crippen MR) is 60.5 cm³/mol. The summed E-state index contributed by atoms with van der Waals surface area (Å²) in [5, 5.41) is 0. The number of hydrazine groups is 1. The lowest BCUT2D eigenvalue weighted by atomic mass is 9.89. The summed E-state index contributed by atoms with van der Waals surface area (Å²) in [4.78, 5) is 0. The minimum absolute atomic E-state index is 0.112. The molecule has 1 rings (SSSR count). The fourth-order valence-corrected chi connectivity index (χ4v) is 1.93. The molecule has 1 aromatic rings. The lowest BCUT2D eigenvalue weighted by Gasteiger charge is -2.24. The molecular formula is C12H19FN2. The third-order valence-electron chi connectivity index (χ3n) is 2.93. The van der Waals surface area contributed by atoms with Gasteiger partial charge in [-0.15, -0.1) is 0 Å². The van der Waals surface area contributed by atoms with Gasteiger partial charge in [0.2, 0.25) is 0 Å². The maximum atomic E-state index is 12.8. The van der Waals surface area contributed by atoms with Gasteiger partial charge in [0.05, 0.1) is 0 Å². The van der Waals surface area contributed by atoms with E-state index in [0.29, 0.717) is 5.92 Å². The summed E-state index contributed by atoms with van der Waals surface area (Å²) < 4.78 is 12.8. The second kappa shape index (κ2) is 5.83. The van der Waals surface area contributed by atoms with E-state index in [9.17, 15) is 4.39 Å². The van der Waals surface area contributed by atoms with E-state index >= 15 is 0 Å². The Morgan fingerprint density at radius 1 is 1.20 bits per heavy atom. The zero-order valence-corrected chi connectivity index (χ0v) is 9.33. The lowest BCUT2D eigenvalue weighted by Crippen LogP contribution is -2.33. The highest BCUT2D eigenvalue weighted by Gasteiger charge is 2.18. The van der Waals surface area contributed by atoms with Crippen LogP contribution in [-0.4, -0.2) is 0 Å². The second-order valence-electron chi connectivity index (χ2n) is 3.77. The molecule has 3 heteroatoms. The number of nitrogens with two attached hydrogens (primary N) is 1. The quantitative estimate of drug-likeness (QED) is 0.579. The van der Waals surface area contributed by atoms with Crippen molar-refractivity contribution in [1.29, 1.82) is 0 Å². The van der Waals surface area contributed by atoms with Crippen molar-refractivity contribution in [3.8, 4) is 0 Å². The average Bonchev–Trinajstić information content (AvgIpc) is 2.27. The highest BCUT2D eigenvalue weighted by Crippen LogP contribution is 2.26. The van der Waals surface area contributed by atoms with E-state index in [0.717, 1.165) is 18.4 Å². The molecule has 3 N–H and O–H groups in total. The van der Waals surface area contributed by atoms with Crippen molar-refractivity contribution in [2.45, 2.75) is 32.7 Å². The van der Waals surface area contributed by atoms with Crippen LogP contribution < -0.4 is 11.3 Å². The number of rotatable bonds is 5. The van der Waals surface area contributed by atoms with Crippen molar-refractivity contribution in [3.05, 3.63) is 35.6 Å². The molecule has 0 spiro atoms. The Labute approximate surface area is 90.6 Å². The minimum Gasteiger partial charge on any atom is -0.271 e. The number of benzene rings is 1. The van der Waals surface area contributed by atoms with Crippen LogP contribution >= 0.6 is 0 Å². The zero-order chi connectivity index (χ0) is 11.3. The fraction of sp³-hybridized carbons (Fsp3) is 0.500. The first kappa shape index (κ1) is 12.1. The van der Waals surface area contributed by atoms with Gasteiger partial charge in [0.25, 0.3) is 0 Å². The zero-order valence-electron chi connectivity index (χ0n) is 9.33. The van der Waals surface area contributed by atoms with E-state index in [1.807, 2.05) is 0 Å². The molecule has 0 fully saturated rings. The molecule has 15 heavy (non-hydrogen) atoms. The molecule has 1 aromatic carbocycles. The van der Waals surface area contributed by atoms with Gasteiger partial charge in [-0.25, -0.2) is 4.39 Å². The SMILES string of the molecule is CCC(CC)C(NN)c1ccc(F)cc1. The van der Waals surface area contributed by atoms with E-state index in [1.165, 1.54) is 12.1 Å². The number of halogens is 1. The molecule has 0 aliphatic heterocycles. The highest BCUT2D eigenvalue weighted by molar-refractivity contribution is 5.20. The Bertz CT molecular complexity index is 280. The monoisotopic (exact) mass is 210 g/mol. The van der Waals surface area contributed by atoms with Crippen LogP contribution in [0.3, 0.4) is 0 Å². The number of hydrogen-bond donors (Lipinski definition) is 2. The summed E-state index contributed by atoms with van der Waals surface area (Å²) in [7, 11) is 0. The molecule has 2 nitrogen and oxygen atoms in total. The van der Waals surface area contributed by atoms with Crippen molar-refractivity contribution in [2.75, 3.05) is 0 Å². The number of nitrogens with one attached hydrogen (secondary N) is 1. The predicted octanol–water partition coefficient (Wildman–Crippen LogP) is 2.77. The molecule has 0 saturated heterocycles. The summed E-state index contributed by atoms with van der Waals surface area (Å²) in [5.41, 5.74) is 3.87. The summed E-state index contributed by atoms with van der Waals surface area (Å²) in [6.45, 7) is 4.28. The van der Waals surface area contributed by atoms with Gasteiger partial charge in [-0.1, -0.05) is 38.8 Å². The van der Waals surface area contributed by atoms with Gasteiger partial charge in [0.1, 0.15) is 5.82 Å². The maximum Gasteiger partial charge on any atom is 0.123 e. The van der Waals surface area contributed by atoms with Crippen LogP contribution in [0.5, 0.6) is 0 Å². The molecule has 84 valence electrons. The first-order chi connectivity index (χ1) is 7.22. The third kappa shape index (κ3) is 3.01. The first-order valence-electron chi connectivity index (χ1n) is 5.44. The molecule has 0 heterocycles. The molecule has 0 radical (unpaired) electrons. The first-order valence-corrected chi connectivity index (χ1v) is 5.44. The van der Waals surface area contributed by atoms with Crippen molar-refractivity contribution in [2.24, 2.45) is 11.8 Å². The van der Waals surface area contributed by atoms with Crippen molar-refractivity contribution in [3.63, 3.8) is 0 Å². The van der Waals surface area contributed by atoms with E-state index in [1.54, 1.807) is 12.1 Å². The van der Waals surface area contributed by atoms with Crippen LogP contribution in [0.1, 0.15) is 38.3 Å². The molecule has 1 unspecified atom stereocenters. The molecular weight excluding hydrogens is 191 g/mol. The Hall–Kier alpha value is -0.930. The maximum absolute atomic E-state index is 12.8. The van der Waals surface area contributed by atoms with Gasteiger partial charge in [0, 0.05) is 6.04 Å². The van der Waals surface area contributed by atoms with Gasteiger partial charge in [-0.05, 0) is 23.6 Å². The highest BCUT2D eigenvalue weighted by atomic mass is 19.1. The normalized spacial score (nSPS) is 13.1. The standard InChI is InChI=1S/C12H19FN2/c1-3-9(4-2)12(15-14)10-5-7-11(13)8-6-10/h5-9,12,15H,3-4,14H2,1-2H3. The second-order valence-corrected chi connectivity index (χ2v) is 3.77. The molecule has 0 aliphatic rings. The summed E-state index contributed by atoms with van der Waals surface area (Å²) in [5.74, 6) is 5.83. The van der Waals surface area contributed by atoms with Crippen molar-refractivity contribution in [1.82, 2.24) is 5.43 Å². The Balaban J connectivity index is 2.86. The molecule has 0 bridgehead atoms. The van der Waals surface area contributed by atoms with E-state index < -0.39 is 0 Å². The van der Waals surface area contributed by atoms with Crippen LogP contribution in [0.25, 0.3) is 0 Å². The molecule has 0 aliphatic carbocycles. The minimum atomic E-state index is -0.209. The Morgan fingerprint density at radius 2 is 1.73 bits per heavy atom. The lowest BCUT2D eigenvalue weighted by molar-refractivity contribution is 0.345. The van der Waals surface area contributed by atoms with E-state index in [2.05, 4.69) is 19.3 Å². The fourth-order valence-electron chi connectivity index (χ4n) is 1.93. The van der Waals surface area contributed by atoms with Crippen molar-refractivity contribution >= 4 is 0 Å². The van der Waals surface area contributed by atoms with Gasteiger partial charge in [-0.2, -0.15) is 0 Å². The van der Waals surface area contributed by atoms with Crippen molar-refractivity contribution < 1.29 is 4.39 Å². The van der Waals surface area contributed by atoms with Crippen LogP contribution in [0.15, 0.2) is 24.3 Å². The van der Waals surface area contributed by atoms with Gasteiger partial charge < -0.3 is 0 Å². The van der Waals surface area contributed by atoms with E-state index in [4.69, 9.17) is 5.84 Å². The Morgan fingerprint density at radius 3 is 2.13 bits per heavy atom. The average molecular weight is 210 g/mol. The number of hydrogen-bond acceptors (Lipinski definition) is 2. The van der Waals surface area contributed by atoms with E-state index in [-0.39, 0.29) is 11.9 Å². The van der Waals surface area contributed by atoms with Gasteiger partial charge in [0.15, 0.2) is 0 Å². The molecule has 1 atom stereocenters. The largest absolute Gasteiger partial charge is 0.271 e. The molecule has 0 amide bonds. The third-order valence-corrected chi connectivity index (χ3v) is 2.93. The van der Waals surface area contributed by atoms with Gasteiger partial charge in [-0.3, -0.25) is 11.3 Å². The molecule has 0 saturated carbocycles. The topological polar surface area (TPSA) is 38.0 Å². The van der Waals surface area contributed by atoms with Crippen LogP contribution in [0, 0.1) is 11.7 Å². The summed E-state index contributed by atoms with van der Waals surface area (Å²) >= 11 is 0. The summed E-state index contributed by atoms with van der Waals surface area (Å²) in [6.07, 6.45) is 2.12. The van der Waals surface area contributed by atoms with Crippen LogP contribution in [0.2, 0.25) is 0 Å². The van der Waals surface area contributed by atoms with Gasteiger partial charge >= 0.3 is 0 Å². The summed E-state index contributed by atoms with van der Waals surface area (Å²) in [6, 6.07) is 6.64.